The van der Waals surface area contributed by atoms with Crippen LogP contribution in [0.4, 0.5) is 0 Å². The molecule has 0 aliphatic carbocycles. The molecule has 3 nitrogen and oxygen atoms in total. The van der Waals surface area contributed by atoms with E-state index < -0.39 is 0 Å². The first kappa shape index (κ1) is 13.2. The molecule has 1 heterocycles. The maximum atomic E-state index is 6.05. The highest BCUT2D eigenvalue weighted by Crippen LogP contribution is 2.34. The first-order valence-electron chi connectivity index (χ1n) is 6.97. The zero-order valence-electron chi connectivity index (χ0n) is 11.8. The molecule has 2 aromatic carbocycles. The summed E-state index contributed by atoms with van der Waals surface area (Å²) in [5.74, 6) is 0.916. The zero-order chi connectivity index (χ0) is 13.9. The van der Waals surface area contributed by atoms with E-state index in [4.69, 9.17) is 10.5 Å². The lowest BCUT2D eigenvalue weighted by Crippen LogP contribution is -2.30. The van der Waals surface area contributed by atoms with E-state index in [0.717, 1.165) is 18.8 Å². The maximum absolute atomic E-state index is 6.05. The average molecular weight is 268 g/mol. The number of nitrogens with zero attached hydrogens (tertiary/aromatic N) is 1. The van der Waals surface area contributed by atoms with Crippen LogP contribution in [0.25, 0.3) is 0 Å². The van der Waals surface area contributed by atoms with Gasteiger partial charge in [-0.1, -0.05) is 42.5 Å². The second-order valence-corrected chi connectivity index (χ2v) is 5.17. The van der Waals surface area contributed by atoms with Crippen molar-refractivity contribution in [3.8, 4) is 5.75 Å². The molecule has 0 radical (unpaired) electrons. The van der Waals surface area contributed by atoms with Gasteiger partial charge in [0, 0.05) is 25.2 Å². The molecule has 3 heteroatoms. The largest absolute Gasteiger partial charge is 0.496 e. The van der Waals surface area contributed by atoms with E-state index in [9.17, 15) is 0 Å². The standard InChI is InChI=1S/C17H20N2O/c1-20-17-9-5-4-8-15(17)16(10-18)19-11-13-6-2-3-7-14(13)12-19/h2-9,16H,10-12,18H2,1H3. The van der Waals surface area contributed by atoms with Gasteiger partial charge in [-0.15, -0.1) is 0 Å². The van der Waals surface area contributed by atoms with Gasteiger partial charge >= 0.3 is 0 Å². The summed E-state index contributed by atoms with van der Waals surface area (Å²) in [7, 11) is 1.71. The Kier molecular flexibility index (Phi) is 3.72. The Bertz CT molecular complexity index is 572. The van der Waals surface area contributed by atoms with Gasteiger partial charge in [-0.05, 0) is 17.2 Å². The first-order chi connectivity index (χ1) is 9.83. The van der Waals surface area contributed by atoms with E-state index in [1.54, 1.807) is 7.11 Å². The molecule has 1 atom stereocenters. The second kappa shape index (κ2) is 5.65. The van der Waals surface area contributed by atoms with Crippen molar-refractivity contribution in [2.75, 3.05) is 13.7 Å². The van der Waals surface area contributed by atoms with Crippen molar-refractivity contribution in [3.63, 3.8) is 0 Å². The third-order valence-electron chi connectivity index (χ3n) is 4.03. The number of ether oxygens (including phenoxy) is 1. The predicted molar refractivity (Wildman–Crippen MR) is 80.5 cm³/mol. The van der Waals surface area contributed by atoms with Crippen LogP contribution in [0, 0.1) is 0 Å². The Labute approximate surface area is 120 Å². The molecule has 0 saturated heterocycles. The van der Waals surface area contributed by atoms with Crippen LogP contribution in [-0.4, -0.2) is 18.6 Å². The number of hydrogen-bond acceptors (Lipinski definition) is 3. The molecule has 2 aromatic rings. The lowest BCUT2D eigenvalue weighted by Gasteiger charge is -2.27. The topological polar surface area (TPSA) is 38.5 Å². The summed E-state index contributed by atoms with van der Waals surface area (Å²) < 4.78 is 5.48. The molecule has 1 unspecified atom stereocenters. The number of hydrogen-bond donors (Lipinski definition) is 1. The number of para-hydroxylation sites is 1. The summed E-state index contributed by atoms with van der Waals surface area (Å²) in [6, 6.07) is 16.9. The Morgan fingerprint density at radius 2 is 1.65 bits per heavy atom. The van der Waals surface area contributed by atoms with Gasteiger partial charge < -0.3 is 10.5 Å². The molecule has 0 fully saturated rings. The first-order valence-corrected chi connectivity index (χ1v) is 6.97. The molecule has 0 saturated carbocycles. The van der Waals surface area contributed by atoms with Crippen molar-refractivity contribution in [2.24, 2.45) is 5.73 Å². The summed E-state index contributed by atoms with van der Waals surface area (Å²) in [5.41, 5.74) is 10.0. The van der Waals surface area contributed by atoms with Gasteiger partial charge in [-0.25, -0.2) is 0 Å². The van der Waals surface area contributed by atoms with Gasteiger partial charge in [0.15, 0.2) is 0 Å². The van der Waals surface area contributed by atoms with Crippen LogP contribution >= 0.6 is 0 Å². The van der Waals surface area contributed by atoms with Crippen LogP contribution in [0.3, 0.4) is 0 Å². The third-order valence-corrected chi connectivity index (χ3v) is 4.03. The number of fused-ring (bicyclic) bond motifs is 1. The Morgan fingerprint density at radius 3 is 2.25 bits per heavy atom. The van der Waals surface area contributed by atoms with Crippen molar-refractivity contribution in [1.82, 2.24) is 4.90 Å². The van der Waals surface area contributed by atoms with Crippen molar-refractivity contribution in [1.29, 1.82) is 0 Å². The molecule has 0 spiro atoms. The molecular formula is C17H20N2O. The van der Waals surface area contributed by atoms with Gasteiger partial charge in [-0.3, -0.25) is 4.90 Å². The number of nitrogens with two attached hydrogens (primary N) is 1. The minimum absolute atomic E-state index is 0.193. The molecular weight excluding hydrogens is 248 g/mol. The van der Waals surface area contributed by atoms with Crippen LogP contribution in [0.2, 0.25) is 0 Å². The normalized spacial score (nSPS) is 15.9. The van der Waals surface area contributed by atoms with Gasteiger partial charge in [0.2, 0.25) is 0 Å². The van der Waals surface area contributed by atoms with Gasteiger partial charge in [0.05, 0.1) is 13.2 Å². The summed E-state index contributed by atoms with van der Waals surface area (Å²) in [6.07, 6.45) is 0. The third kappa shape index (κ3) is 2.30. The lowest BCUT2D eigenvalue weighted by molar-refractivity contribution is 0.201. The number of methoxy groups -OCH3 is 1. The molecule has 1 aliphatic heterocycles. The SMILES string of the molecule is COc1ccccc1C(CN)N1Cc2ccccc2C1. The molecule has 2 N–H and O–H groups in total. The highest BCUT2D eigenvalue weighted by molar-refractivity contribution is 5.38. The minimum Gasteiger partial charge on any atom is -0.496 e. The van der Waals surface area contributed by atoms with Crippen LogP contribution < -0.4 is 10.5 Å². The predicted octanol–water partition coefficient (Wildman–Crippen LogP) is 2.71. The van der Waals surface area contributed by atoms with E-state index in [2.05, 4.69) is 35.2 Å². The summed E-state index contributed by atoms with van der Waals surface area (Å²) in [5, 5.41) is 0. The molecule has 104 valence electrons. The molecule has 0 bridgehead atoms. The van der Waals surface area contributed by atoms with Crippen molar-refractivity contribution >= 4 is 0 Å². The maximum Gasteiger partial charge on any atom is 0.123 e. The van der Waals surface area contributed by atoms with Crippen LogP contribution in [0.5, 0.6) is 5.75 Å². The van der Waals surface area contributed by atoms with E-state index in [-0.39, 0.29) is 6.04 Å². The fraction of sp³-hybridized carbons (Fsp3) is 0.294. The van der Waals surface area contributed by atoms with Gasteiger partial charge in [0.1, 0.15) is 5.75 Å². The van der Waals surface area contributed by atoms with Crippen LogP contribution in [0.1, 0.15) is 22.7 Å². The fourth-order valence-electron chi connectivity index (χ4n) is 2.99. The van der Waals surface area contributed by atoms with Crippen molar-refractivity contribution < 1.29 is 4.74 Å². The monoisotopic (exact) mass is 268 g/mol. The average Bonchev–Trinajstić information content (AvgIpc) is 2.92. The Balaban J connectivity index is 1.89. The summed E-state index contributed by atoms with van der Waals surface area (Å²) in [6.45, 7) is 2.50. The number of rotatable bonds is 4. The molecule has 1 aliphatic rings. The Morgan fingerprint density at radius 1 is 1.05 bits per heavy atom. The van der Waals surface area contributed by atoms with Crippen LogP contribution in [-0.2, 0) is 13.1 Å². The fourth-order valence-corrected chi connectivity index (χ4v) is 2.99. The summed E-state index contributed by atoms with van der Waals surface area (Å²) >= 11 is 0. The Hall–Kier alpha value is -1.84. The quantitative estimate of drug-likeness (QED) is 0.926. The van der Waals surface area contributed by atoms with Gasteiger partial charge in [-0.2, -0.15) is 0 Å². The van der Waals surface area contributed by atoms with E-state index in [1.807, 2.05) is 18.2 Å². The summed E-state index contributed by atoms with van der Waals surface area (Å²) in [4.78, 5) is 2.42. The van der Waals surface area contributed by atoms with E-state index >= 15 is 0 Å². The van der Waals surface area contributed by atoms with E-state index in [0.29, 0.717) is 6.54 Å². The highest BCUT2D eigenvalue weighted by atomic mass is 16.5. The highest BCUT2D eigenvalue weighted by Gasteiger charge is 2.27. The second-order valence-electron chi connectivity index (χ2n) is 5.17. The molecule has 20 heavy (non-hydrogen) atoms. The van der Waals surface area contributed by atoms with E-state index in [1.165, 1.54) is 16.7 Å². The minimum atomic E-state index is 0.193. The van der Waals surface area contributed by atoms with Crippen molar-refractivity contribution in [3.05, 3.63) is 65.2 Å². The van der Waals surface area contributed by atoms with Crippen molar-refractivity contribution in [2.45, 2.75) is 19.1 Å². The molecule has 0 aromatic heterocycles. The number of benzene rings is 2. The lowest BCUT2D eigenvalue weighted by atomic mass is 10.0. The molecule has 0 amide bonds. The zero-order valence-corrected chi connectivity index (χ0v) is 11.8. The smallest absolute Gasteiger partial charge is 0.123 e. The molecule has 3 rings (SSSR count). The van der Waals surface area contributed by atoms with Gasteiger partial charge in [0.25, 0.3) is 0 Å². The van der Waals surface area contributed by atoms with Crippen LogP contribution in [0.15, 0.2) is 48.5 Å².